The van der Waals surface area contributed by atoms with Crippen LogP contribution in [-0.4, -0.2) is 66.8 Å². The van der Waals surface area contributed by atoms with E-state index in [2.05, 4.69) is 0 Å². The van der Waals surface area contributed by atoms with Gasteiger partial charge in [-0.05, 0) is 37.7 Å². The van der Waals surface area contributed by atoms with E-state index in [-0.39, 0.29) is 43.1 Å². The Labute approximate surface area is 218 Å². The minimum absolute atomic E-state index is 0.0375. The summed E-state index contributed by atoms with van der Waals surface area (Å²) in [5.74, 6) is -3.63. The van der Waals surface area contributed by atoms with Crippen LogP contribution in [0.25, 0.3) is 0 Å². The monoisotopic (exact) mass is 530 g/mol. The average Bonchev–Trinajstić information content (AvgIpc) is 3.42. The summed E-state index contributed by atoms with van der Waals surface area (Å²) < 4.78 is 28.4. The largest absolute Gasteiger partial charge is 0.481 e. The number of cyclic esters (lactones) is 1. The van der Waals surface area contributed by atoms with Crippen LogP contribution < -0.4 is 0 Å². The number of methoxy groups -OCH3 is 1. The van der Waals surface area contributed by atoms with E-state index in [0.717, 1.165) is 0 Å². The van der Waals surface area contributed by atoms with Gasteiger partial charge >= 0.3 is 23.9 Å². The Bertz CT molecular complexity index is 1270. The molecule has 204 valence electrons. The zero-order valence-corrected chi connectivity index (χ0v) is 21.7. The Morgan fingerprint density at radius 2 is 1.87 bits per heavy atom. The van der Waals surface area contributed by atoms with Gasteiger partial charge in [-0.3, -0.25) is 19.2 Å². The highest BCUT2D eigenvalue weighted by molar-refractivity contribution is 6.13. The molecule has 1 aromatic heterocycles. The van der Waals surface area contributed by atoms with Gasteiger partial charge in [-0.15, -0.1) is 0 Å². The molecule has 0 spiro atoms. The second-order valence-corrected chi connectivity index (χ2v) is 10.9. The predicted molar refractivity (Wildman–Crippen MR) is 126 cm³/mol. The molecule has 6 atom stereocenters. The zero-order chi connectivity index (χ0) is 27.6. The number of rotatable bonds is 7. The van der Waals surface area contributed by atoms with Crippen molar-refractivity contribution in [3.8, 4) is 0 Å². The maximum atomic E-state index is 14.0. The topological polar surface area (TPSA) is 156 Å². The van der Waals surface area contributed by atoms with Crippen LogP contribution >= 0.6 is 0 Å². The van der Waals surface area contributed by atoms with E-state index in [1.807, 2.05) is 13.8 Å². The third kappa shape index (κ3) is 3.70. The Morgan fingerprint density at radius 3 is 2.53 bits per heavy atom. The van der Waals surface area contributed by atoms with E-state index in [1.165, 1.54) is 20.3 Å². The van der Waals surface area contributed by atoms with Crippen molar-refractivity contribution < 1.29 is 52.4 Å². The molecule has 1 aliphatic heterocycles. The highest BCUT2D eigenvalue weighted by Crippen LogP contribution is 2.62. The minimum Gasteiger partial charge on any atom is -0.481 e. The van der Waals surface area contributed by atoms with Gasteiger partial charge in [0.2, 0.25) is 5.78 Å². The number of ketones is 1. The smallest absolute Gasteiger partial charge is 0.342 e. The van der Waals surface area contributed by atoms with Crippen LogP contribution in [0.5, 0.6) is 0 Å². The Balaban J connectivity index is 1.64. The molecule has 11 nitrogen and oxygen atoms in total. The summed E-state index contributed by atoms with van der Waals surface area (Å²) in [6.45, 7) is 5.06. The van der Waals surface area contributed by atoms with Crippen molar-refractivity contribution in [2.45, 2.75) is 76.6 Å². The summed E-state index contributed by atoms with van der Waals surface area (Å²) in [6.07, 6.45) is -0.477. The van der Waals surface area contributed by atoms with Gasteiger partial charge in [0.1, 0.15) is 30.1 Å². The summed E-state index contributed by atoms with van der Waals surface area (Å²) in [4.78, 5) is 62.5. The number of allylic oxidation sites excluding steroid dienone is 1. The SMILES string of the molecule is COC[C@H]1OC(=O)c2coc3c2[C@@]1(C)C1=C(C3=O)[C@@H]2CC[C@H](OC(=O)CCC(=O)O)[C@@]2(C)C[C@H]1OC(C)=O. The van der Waals surface area contributed by atoms with Crippen molar-refractivity contribution in [2.24, 2.45) is 11.3 Å². The fraction of sp³-hybridized carbons (Fsp3) is 0.593. The maximum Gasteiger partial charge on any atom is 0.342 e. The van der Waals surface area contributed by atoms with E-state index in [9.17, 15) is 24.0 Å². The first-order valence-corrected chi connectivity index (χ1v) is 12.6. The molecule has 5 rings (SSSR count). The molecule has 0 aromatic carbocycles. The second kappa shape index (κ2) is 9.07. The number of esters is 3. The molecule has 1 N–H and O–H groups in total. The molecule has 4 aliphatic rings. The zero-order valence-electron chi connectivity index (χ0n) is 21.7. The van der Waals surface area contributed by atoms with Crippen molar-refractivity contribution in [1.82, 2.24) is 0 Å². The van der Waals surface area contributed by atoms with E-state index >= 15 is 0 Å². The van der Waals surface area contributed by atoms with Gasteiger partial charge in [0.25, 0.3) is 0 Å². The summed E-state index contributed by atoms with van der Waals surface area (Å²) >= 11 is 0. The number of furan rings is 1. The molecule has 0 unspecified atom stereocenters. The van der Waals surface area contributed by atoms with Gasteiger partial charge in [0.05, 0.1) is 24.9 Å². The highest BCUT2D eigenvalue weighted by atomic mass is 16.6. The molecule has 0 saturated heterocycles. The van der Waals surface area contributed by atoms with Crippen LogP contribution in [0.3, 0.4) is 0 Å². The van der Waals surface area contributed by atoms with Crippen molar-refractivity contribution in [3.63, 3.8) is 0 Å². The third-order valence-corrected chi connectivity index (χ3v) is 8.71. The van der Waals surface area contributed by atoms with Gasteiger partial charge in [-0.1, -0.05) is 6.92 Å². The Kier molecular flexibility index (Phi) is 6.24. The quantitative estimate of drug-likeness (QED) is 0.408. The number of Topliss-reactive ketones (excluding diaryl/α,β-unsaturated/α-hetero) is 1. The number of carbonyl (C=O) groups excluding carboxylic acids is 4. The predicted octanol–water partition coefficient (Wildman–Crippen LogP) is 2.74. The first-order chi connectivity index (χ1) is 17.9. The summed E-state index contributed by atoms with van der Waals surface area (Å²) in [5, 5.41) is 8.92. The molecule has 1 aromatic rings. The molecular formula is C27H30O11. The fourth-order valence-electron chi connectivity index (χ4n) is 7.07. The number of carbonyl (C=O) groups is 5. The van der Waals surface area contributed by atoms with Crippen LogP contribution in [0.2, 0.25) is 0 Å². The fourth-order valence-corrected chi connectivity index (χ4v) is 7.07. The second-order valence-electron chi connectivity index (χ2n) is 10.9. The van der Waals surface area contributed by atoms with Gasteiger partial charge < -0.3 is 28.5 Å². The first-order valence-electron chi connectivity index (χ1n) is 12.6. The lowest BCUT2D eigenvalue weighted by atomic mass is 9.54. The van der Waals surface area contributed by atoms with Crippen molar-refractivity contribution in [3.05, 3.63) is 34.3 Å². The lowest BCUT2D eigenvalue weighted by Crippen LogP contribution is -2.57. The maximum absolute atomic E-state index is 14.0. The van der Waals surface area contributed by atoms with Gasteiger partial charge in [0, 0.05) is 30.6 Å². The van der Waals surface area contributed by atoms with Gasteiger partial charge in [-0.2, -0.15) is 0 Å². The number of carboxylic acid groups (broad SMARTS) is 1. The number of fused-ring (bicyclic) bond motifs is 3. The third-order valence-electron chi connectivity index (χ3n) is 8.71. The summed E-state index contributed by atoms with van der Waals surface area (Å²) in [6, 6.07) is 0. The minimum atomic E-state index is -1.10. The molecule has 0 radical (unpaired) electrons. The molecule has 0 bridgehead atoms. The lowest BCUT2D eigenvalue weighted by Gasteiger charge is -2.52. The molecule has 2 heterocycles. The molecule has 1 fully saturated rings. The van der Waals surface area contributed by atoms with E-state index in [1.54, 1.807) is 0 Å². The Morgan fingerprint density at radius 1 is 1.13 bits per heavy atom. The molecule has 38 heavy (non-hydrogen) atoms. The molecule has 1 saturated carbocycles. The standard InChI is InChI=1S/C27H30O11/c1-12(28)36-15-9-26(2)14(5-6-16(26)37-19(31)8-7-18(29)30)20-22(15)27(3)17(11-34-4)38-25(33)13-10-35-24(21(13)27)23(20)32/h10,14-17H,5-9,11H2,1-4H3,(H,29,30)/t14-,15+,16-,17+,26-,27-/m0/s1. The molecular weight excluding hydrogens is 500 g/mol. The highest BCUT2D eigenvalue weighted by Gasteiger charge is 2.65. The van der Waals surface area contributed by atoms with Crippen LogP contribution in [0.4, 0.5) is 0 Å². The Hall–Kier alpha value is -3.47. The van der Waals surface area contributed by atoms with Gasteiger partial charge in [-0.25, -0.2) is 4.79 Å². The van der Waals surface area contributed by atoms with E-state index in [4.69, 9.17) is 28.5 Å². The normalized spacial score (nSPS) is 33.2. The van der Waals surface area contributed by atoms with Crippen LogP contribution in [0, 0.1) is 11.3 Å². The molecule has 3 aliphatic carbocycles. The van der Waals surface area contributed by atoms with Crippen molar-refractivity contribution in [2.75, 3.05) is 13.7 Å². The van der Waals surface area contributed by atoms with E-state index in [0.29, 0.717) is 29.6 Å². The number of carboxylic acids is 1. The van der Waals surface area contributed by atoms with Crippen LogP contribution in [0.15, 0.2) is 21.8 Å². The van der Waals surface area contributed by atoms with Crippen LogP contribution in [0.1, 0.15) is 79.4 Å². The first kappa shape index (κ1) is 26.1. The summed E-state index contributed by atoms with van der Waals surface area (Å²) in [7, 11) is 1.48. The number of ether oxygens (including phenoxy) is 4. The molecule has 11 heteroatoms. The molecule has 0 amide bonds. The van der Waals surface area contributed by atoms with Crippen LogP contribution in [-0.2, 0) is 38.7 Å². The summed E-state index contributed by atoms with van der Waals surface area (Å²) in [5.41, 5.74) is -0.301. The number of hydrogen-bond donors (Lipinski definition) is 1. The van der Waals surface area contributed by atoms with Gasteiger partial charge in [0.15, 0.2) is 5.76 Å². The van der Waals surface area contributed by atoms with Crippen molar-refractivity contribution in [1.29, 1.82) is 0 Å². The lowest BCUT2D eigenvalue weighted by molar-refractivity contribution is -0.161. The average molecular weight is 531 g/mol. The number of hydrogen-bond acceptors (Lipinski definition) is 10. The number of aliphatic carboxylic acids is 1. The van der Waals surface area contributed by atoms with E-state index < -0.39 is 58.8 Å². The van der Waals surface area contributed by atoms with Crippen molar-refractivity contribution >= 4 is 29.7 Å².